The van der Waals surface area contributed by atoms with Gasteiger partial charge in [-0.2, -0.15) is 0 Å². The maximum Gasteiger partial charge on any atom is 0.0303 e. The van der Waals surface area contributed by atoms with Crippen molar-refractivity contribution in [1.82, 2.24) is 4.98 Å². The molecule has 2 rings (SSSR count). The van der Waals surface area contributed by atoms with Crippen LogP contribution >= 0.6 is 0 Å². The van der Waals surface area contributed by atoms with E-state index in [0.717, 1.165) is 6.42 Å². The van der Waals surface area contributed by atoms with Gasteiger partial charge in [-0.25, -0.2) is 0 Å². The Labute approximate surface area is 60.1 Å². The lowest BCUT2D eigenvalue weighted by Gasteiger charge is -1.93. The minimum Gasteiger partial charge on any atom is -0.327 e. The second kappa shape index (κ2) is 2.06. The Balaban J connectivity index is 2.20. The summed E-state index contributed by atoms with van der Waals surface area (Å²) >= 11 is 0. The second-order valence-electron chi connectivity index (χ2n) is 2.79. The highest BCUT2D eigenvalue weighted by atomic mass is 14.7. The van der Waals surface area contributed by atoms with E-state index in [0.29, 0.717) is 12.0 Å². The Kier molecular flexibility index (Phi) is 1.21. The monoisotopic (exact) mass is 134 g/mol. The summed E-state index contributed by atoms with van der Waals surface area (Å²) in [4.78, 5) is 4.02. The molecule has 0 aliphatic heterocycles. The van der Waals surface area contributed by atoms with Crippen LogP contribution in [0.3, 0.4) is 0 Å². The van der Waals surface area contributed by atoms with E-state index < -0.39 is 0 Å². The van der Waals surface area contributed by atoms with Crippen LogP contribution in [0.1, 0.15) is 17.9 Å². The van der Waals surface area contributed by atoms with Crippen molar-refractivity contribution >= 4 is 0 Å². The first-order valence-electron chi connectivity index (χ1n) is 3.53. The number of hydrogen-bond acceptors (Lipinski definition) is 2. The molecule has 2 heteroatoms. The fourth-order valence-corrected chi connectivity index (χ4v) is 1.19. The van der Waals surface area contributed by atoms with Gasteiger partial charge in [-0.3, -0.25) is 4.98 Å². The number of hydrogen-bond donors (Lipinski definition) is 1. The van der Waals surface area contributed by atoms with Crippen LogP contribution in [-0.2, 0) is 0 Å². The summed E-state index contributed by atoms with van der Waals surface area (Å²) in [6.45, 7) is 0. The molecule has 1 aromatic rings. The molecular formula is C8H10N2. The average molecular weight is 134 g/mol. The van der Waals surface area contributed by atoms with E-state index in [1.807, 2.05) is 12.3 Å². The van der Waals surface area contributed by atoms with E-state index in [4.69, 9.17) is 5.73 Å². The quantitative estimate of drug-likeness (QED) is 0.619. The number of rotatable bonds is 1. The first-order valence-corrected chi connectivity index (χ1v) is 3.53. The molecule has 0 aromatic carbocycles. The maximum atomic E-state index is 5.67. The fraction of sp³-hybridized carbons (Fsp3) is 0.375. The molecule has 0 amide bonds. The van der Waals surface area contributed by atoms with Gasteiger partial charge in [0.05, 0.1) is 0 Å². The highest BCUT2D eigenvalue weighted by Crippen LogP contribution is 2.38. The van der Waals surface area contributed by atoms with Gasteiger partial charge in [0.2, 0.25) is 0 Å². The fourth-order valence-electron chi connectivity index (χ4n) is 1.19. The predicted octanol–water partition coefficient (Wildman–Crippen LogP) is 0.896. The molecule has 0 spiro atoms. The van der Waals surface area contributed by atoms with Gasteiger partial charge in [0.25, 0.3) is 0 Å². The molecule has 1 saturated carbocycles. The lowest BCUT2D eigenvalue weighted by Crippen LogP contribution is -2.00. The van der Waals surface area contributed by atoms with Crippen LogP contribution in [0.15, 0.2) is 24.5 Å². The number of aromatic nitrogens is 1. The van der Waals surface area contributed by atoms with E-state index in [-0.39, 0.29) is 0 Å². The van der Waals surface area contributed by atoms with Crippen molar-refractivity contribution in [2.45, 2.75) is 18.4 Å². The summed E-state index contributed by atoms with van der Waals surface area (Å²) < 4.78 is 0. The molecule has 10 heavy (non-hydrogen) atoms. The Morgan fingerprint density at radius 2 is 2.40 bits per heavy atom. The molecule has 0 radical (unpaired) electrons. The van der Waals surface area contributed by atoms with Crippen LogP contribution < -0.4 is 5.73 Å². The van der Waals surface area contributed by atoms with Gasteiger partial charge in [0.15, 0.2) is 0 Å². The molecular weight excluding hydrogens is 124 g/mol. The van der Waals surface area contributed by atoms with Crippen molar-refractivity contribution in [3.05, 3.63) is 30.1 Å². The molecule has 1 aliphatic carbocycles. The van der Waals surface area contributed by atoms with Gasteiger partial charge in [-0.05, 0) is 18.1 Å². The van der Waals surface area contributed by atoms with E-state index >= 15 is 0 Å². The van der Waals surface area contributed by atoms with Crippen LogP contribution in [0.2, 0.25) is 0 Å². The highest BCUT2D eigenvalue weighted by Gasteiger charge is 2.34. The van der Waals surface area contributed by atoms with Crippen molar-refractivity contribution in [3.63, 3.8) is 0 Å². The zero-order chi connectivity index (χ0) is 6.97. The topological polar surface area (TPSA) is 38.9 Å². The number of nitrogens with two attached hydrogens (primary N) is 1. The molecule has 0 bridgehead atoms. The maximum absolute atomic E-state index is 5.67. The zero-order valence-electron chi connectivity index (χ0n) is 5.70. The second-order valence-corrected chi connectivity index (χ2v) is 2.79. The van der Waals surface area contributed by atoms with Crippen LogP contribution in [0.4, 0.5) is 0 Å². The first-order chi connectivity index (χ1) is 4.88. The first kappa shape index (κ1) is 5.86. The Bertz CT molecular complexity index is 220. The number of nitrogens with zero attached hydrogens (tertiary/aromatic N) is 1. The Morgan fingerprint density at radius 3 is 2.90 bits per heavy atom. The van der Waals surface area contributed by atoms with Gasteiger partial charge in [0, 0.05) is 24.4 Å². The van der Waals surface area contributed by atoms with Crippen molar-refractivity contribution < 1.29 is 0 Å². The molecule has 52 valence electrons. The molecule has 2 N–H and O–H groups in total. The lowest BCUT2D eigenvalue weighted by molar-refractivity contribution is 0.981. The average Bonchev–Trinajstić information content (AvgIpc) is 2.69. The summed E-state index contributed by atoms with van der Waals surface area (Å²) in [5, 5.41) is 0. The SMILES string of the molecule is N[C@H]1C[C@@H]1c1cccnc1. The van der Waals surface area contributed by atoms with Gasteiger partial charge < -0.3 is 5.73 Å². The Hall–Kier alpha value is -0.890. The van der Waals surface area contributed by atoms with Crippen LogP contribution in [0.5, 0.6) is 0 Å². The third-order valence-electron chi connectivity index (χ3n) is 1.95. The minimum absolute atomic E-state index is 0.393. The van der Waals surface area contributed by atoms with Crippen molar-refractivity contribution in [2.24, 2.45) is 5.73 Å². The molecule has 2 atom stereocenters. The minimum atomic E-state index is 0.393. The lowest BCUT2D eigenvalue weighted by atomic mass is 10.2. The van der Waals surface area contributed by atoms with Crippen LogP contribution in [-0.4, -0.2) is 11.0 Å². The Morgan fingerprint density at radius 1 is 1.60 bits per heavy atom. The third kappa shape index (κ3) is 0.907. The van der Waals surface area contributed by atoms with Crippen molar-refractivity contribution in [2.75, 3.05) is 0 Å². The van der Waals surface area contributed by atoms with Crippen LogP contribution in [0.25, 0.3) is 0 Å². The van der Waals surface area contributed by atoms with Crippen molar-refractivity contribution in [1.29, 1.82) is 0 Å². The van der Waals surface area contributed by atoms with E-state index in [2.05, 4.69) is 11.1 Å². The van der Waals surface area contributed by atoms with E-state index in [1.54, 1.807) is 6.20 Å². The summed E-state index contributed by atoms with van der Waals surface area (Å²) in [6.07, 6.45) is 4.82. The molecule has 1 aliphatic rings. The molecule has 0 saturated heterocycles. The summed E-state index contributed by atoms with van der Waals surface area (Å²) in [6, 6.07) is 4.44. The zero-order valence-corrected chi connectivity index (χ0v) is 5.70. The van der Waals surface area contributed by atoms with E-state index in [9.17, 15) is 0 Å². The smallest absolute Gasteiger partial charge is 0.0303 e. The summed E-state index contributed by atoms with van der Waals surface area (Å²) in [7, 11) is 0. The summed E-state index contributed by atoms with van der Waals surface area (Å²) in [5.41, 5.74) is 6.96. The molecule has 2 nitrogen and oxygen atoms in total. The predicted molar refractivity (Wildman–Crippen MR) is 39.6 cm³/mol. The number of pyridine rings is 1. The van der Waals surface area contributed by atoms with Gasteiger partial charge in [-0.1, -0.05) is 6.07 Å². The van der Waals surface area contributed by atoms with Gasteiger partial charge in [-0.15, -0.1) is 0 Å². The van der Waals surface area contributed by atoms with Crippen molar-refractivity contribution in [3.8, 4) is 0 Å². The van der Waals surface area contributed by atoms with E-state index in [1.165, 1.54) is 5.56 Å². The van der Waals surface area contributed by atoms with Crippen LogP contribution in [0, 0.1) is 0 Å². The third-order valence-corrected chi connectivity index (χ3v) is 1.95. The molecule has 1 fully saturated rings. The van der Waals surface area contributed by atoms with Gasteiger partial charge in [0.1, 0.15) is 0 Å². The van der Waals surface area contributed by atoms with Gasteiger partial charge >= 0.3 is 0 Å². The standard InChI is InChI=1S/C8H10N2/c9-8-4-7(8)6-2-1-3-10-5-6/h1-3,5,7-8H,4,9H2/t7-,8+/m1/s1. The molecule has 1 heterocycles. The highest BCUT2D eigenvalue weighted by molar-refractivity contribution is 5.23. The summed E-state index contributed by atoms with van der Waals surface area (Å²) in [5.74, 6) is 0.591. The largest absolute Gasteiger partial charge is 0.327 e. The molecule has 0 unspecified atom stereocenters. The molecule has 1 aromatic heterocycles. The normalized spacial score (nSPS) is 30.1.